The van der Waals surface area contributed by atoms with Gasteiger partial charge in [0, 0.05) is 26.8 Å². The van der Waals surface area contributed by atoms with E-state index < -0.39 is 0 Å². The van der Waals surface area contributed by atoms with Gasteiger partial charge in [-0.15, -0.1) is 0 Å². The van der Waals surface area contributed by atoms with Crippen LogP contribution in [0.2, 0.25) is 0 Å². The molecule has 1 aliphatic rings. The van der Waals surface area contributed by atoms with E-state index >= 15 is 0 Å². The third-order valence-corrected chi connectivity index (χ3v) is 3.00. The Bertz CT molecular complexity index is 203. The molecule has 94 valence electrons. The summed E-state index contributed by atoms with van der Waals surface area (Å²) in [5.74, 6) is 0.814. The van der Waals surface area contributed by atoms with Gasteiger partial charge in [0.15, 0.2) is 0 Å². The maximum absolute atomic E-state index is 11.7. The van der Waals surface area contributed by atoms with Crippen molar-refractivity contribution < 1.29 is 9.53 Å². The van der Waals surface area contributed by atoms with Crippen molar-refractivity contribution in [2.24, 2.45) is 5.92 Å². The van der Waals surface area contributed by atoms with Gasteiger partial charge in [-0.25, -0.2) is 0 Å². The molecule has 0 aliphatic carbocycles. The Morgan fingerprint density at radius 1 is 1.44 bits per heavy atom. The molecule has 0 spiro atoms. The van der Waals surface area contributed by atoms with Crippen LogP contribution >= 0.6 is 0 Å². The van der Waals surface area contributed by atoms with Crippen LogP contribution in [0.3, 0.4) is 0 Å². The van der Waals surface area contributed by atoms with E-state index in [0.29, 0.717) is 12.5 Å². The zero-order chi connectivity index (χ0) is 11.8. The van der Waals surface area contributed by atoms with Crippen molar-refractivity contribution in [3.8, 4) is 0 Å². The topological polar surface area (TPSA) is 41.6 Å². The standard InChI is InChI=1S/C12H24N2O2/c1-3-6-13-9-12(15)14(2)10-11-4-7-16-8-5-11/h11,13H,3-10H2,1-2H3. The molecule has 1 rings (SSSR count). The van der Waals surface area contributed by atoms with Crippen molar-refractivity contribution in [1.29, 1.82) is 0 Å². The number of carbonyl (C=O) groups is 1. The lowest BCUT2D eigenvalue weighted by Gasteiger charge is -2.27. The second-order valence-corrected chi connectivity index (χ2v) is 4.51. The first-order valence-corrected chi connectivity index (χ1v) is 6.26. The highest BCUT2D eigenvalue weighted by atomic mass is 16.5. The second kappa shape index (κ2) is 7.63. The molecule has 0 bridgehead atoms. The third kappa shape index (κ3) is 4.94. The van der Waals surface area contributed by atoms with E-state index in [-0.39, 0.29) is 5.91 Å². The molecular weight excluding hydrogens is 204 g/mol. The molecule has 0 radical (unpaired) electrons. The molecule has 0 aromatic heterocycles. The van der Waals surface area contributed by atoms with E-state index in [0.717, 1.165) is 45.6 Å². The fraction of sp³-hybridized carbons (Fsp3) is 0.917. The smallest absolute Gasteiger partial charge is 0.236 e. The van der Waals surface area contributed by atoms with E-state index in [2.05, 4.69) is 12.2 Å². The maximum atomic E-state index is 11.7. The number of hydrogen-bond acceptors (Lipinski definition) is 3. The fourth-order valence-electron chi connectivity index (χ4n) is 1.93. The lowest BCUT2D eigenvalue weighted by molar-refractivity contribution is -0.129. The minimum absolute atomic E-state index is 0.194. The number of carbonyl (C=O) groups excluding carboxylic acids is 1. The number of nitrogens with one attached hydrogen (secondary N) is 1. The summed E-state index contributed by atoms with van der Waals surface area (Å²) in [5.41, 5.74) is 0. The molecule has 1 N–H and O–H groups in total. The molecule has 16 heavy (non-hydrogen) atoms. The molecule has 0 aromatic rings. The monoisotopic (exact) mass is 228 g/mol. The van der Waals surface area contributed by atoms with E-state index in [1.54, 1.807) is 0 Å². The van der Waals surface area contributed by atoms with Gasteiger partial charge in [0.1, 0.15) is 0 Å². The summed E-state index contributed by atoms with van der Waals surface area (Å²) in [6.07, 6.45) is 3.23. The Morgan fingerprint density at radius 2 is 2.12 bits per heavy atom. The summed E-state index contributed by atoms with van der Waals surface area (Å²) in [6, 6.07) is 0. The predicted octanol–water partition coefficient (Wildman–Crippen LogP) is 0.871. The Morgan fingerprint density at radius 3 is 2.75 bits per heavy atom. The molecule has 0 unspecified atom stereocenters. The Balaban J connectivity index is 2.16. The van der Waals surface area contributed by atoms with Crippen molar-refractivity contribution in [2.75, 3.05) is 39.9 Å². The van der Waals surface area contributed by atoms with E-state index in [1.807, 2.05) is 11.9 Å². The summed E-state index contributed by atoms with van der Waals surface area (Å²) in [5, 5.41) is 3.14. The first-order chi connectivity index (χ1) is 7.74. The van der Waals surface area contributed by atoms with Gasteiger partial charge in [0.25, 0.3) is 0 Å². The third-order valence-electron chi connectivity index (χ3n) is 3.00. The molecule has 1 fully saturated rings. The fourth-order valence-corrected chi connectivity index (χ4v) is 1.93. The summed E-state index contributed by atoms with van der Waals surface area (Å²) < 4.78 is 5.31. The lowest BCUT2D eigenvalue weighted by atomic mass is 10.00. The highest BCUT2D eigenvalue weighted by Gasteiger charge is 2.18. The molecule has 1 amide bonds. The van der Waals surface area contributed by atoms with Crippen LogP contribution in [0.15, 0.2) is 0 Å². The number of rotatable bonds is 6. The van der Waals surface area contributed by atoms with Crippen molar-refractivity contribution in [3.63, 3.8) is 0 Å². The summed E-state index contributed by atoms with van der Waals surface area (Å²) in [4.78, 5) is 13.6. The number of hydrogen-bond donors (Lipinski definition) is 1. The Labute approximate surface area is 98.3 Å². The van der Waals surface area contributed by atoms with E-state index in [4.69, 9.17) is 4.74 Å². The zero-order valence-corrected chi connectivity index (χ0v) is 10.5. The molecule has 4 nitrogen and oxygen atoms in total. The summed E-state index contributed by atoms with van der Waals surface area (Å²) >= 11 is 0. The first kappa shape index (κ1) is 13.5. The Kier molecular flexibility index (Phi) is 6.42. The highest BCUT2D eigenvalue weighted by molar-refractivity contribution is 5.77. The van der Waals surface area contributed by atoms with Crippen molar-refractivity contribution >= 4 is 5.91 Å². The normalized spacial score (nSPS) is 17.4. The first-order valence-electron chi connectivity index (χ1n) is 6.26. The summed E-state index contributed by atoms with van der Waals surface area (Å²) in [7, 11) is 1.89. The molecule has 0 saturated carbocycles. The summed E-state index contributed by atoms with van der Waals surface area (Å²) in [6.45, 7) is 6.05. The second-order valence-electron chi connectivity index (χ2n) is 4.51. The van der Waals surface area contributed by atoms with Crippen LogP contribution in [-0.2, 0) is 9.53 Å². The van der Waals surface area contributed by atoms with Gasteiger partial charge in [0.2, 0.25) is 5.91 Å². The van der Waals surface area contributed by atoms with Gasteiger partial charge in [0.05, 0.1) is 6.54 Å². The predicted molar refractivity (Wildman–Crippen MR) is 64.3 cm³/mol. The molecule has 1 aliphatic heterocycles. The average Bonchev–Trinajstić information content (AvgIpc) is 2.30. The van der Waals surface area contributed by atoms with Crippen molar-refractivity contribution in [2.45, 2.75) is 26.2 Å². The minimum Gasteiger partial charge on any atom is -0.381 e. The van der Waals surface area contributed by atoms with Crippen molar-refractivity contribution in [1.82, 2.24) is 10.2 Å². The number of ether oxygens (including phenoxy) is 1. The van der Waals surface area contributed by atoms with Crippen molar-refractivity contribution in [3.05, 3.63) is 0 Å². The molecule has 4 heteroatoms. The minimum atomic E-state index is 0.194. The number of likely N-dealkylation sites (N-methyl/N-ethyl adjacent to an activating group) is 1. The van der Waals surface area contributed by atoms with Crippen LogP contribution in [-0.4, -0.2) is 50.7 Å². The van der Waals surface area contributed by atoms with Gasteiger partial charge in [-0.2, -0.15) is 0 Å². The SMILES string of the molecule is CCCNCC(=O)N(C)CC1CCOCC1. The van der Waals surface area contributed by atoms with Gasteiger partial charge < -0.3 is 15.0 Å². The lowest BCUT2D eigenvalue weighted by Crippen LogP contribution is -2.39. The molecular formula is C12H24N2O2. The van der Waals surface area contributed by atoms with Gasteiger partial charge in [-0.05, 0) is 31.7 Å². The molecule has 0 atom stereocenters. The van der Waals surface area contributed by atoms with Crippen LogP contribution in [0, 0.1) is 5.92 Å². The van der Waals surface area contributed by atoms with Gasteiger partial charge in [-0.3, -0.25) is 4.79 Å². The zero-order valence-electron chi connectivity index (χ0n) is 10.5. The number of amides is 1. The Hall–Kier alpha value is -0.610. The number of nitrogens with zero attached hydrogens (tertiary/aromatic N) is 1. The van der Waals surface area contributed by atoms with Crippen LogP contribution in [0.25, 0.3) is 0 Å². The quantitative estimate of drug-likeness (QED) is 0.686. The molecule has 0 aromatic carbocycles. The molecule has 1 heterocycles. The van der Waals surface area contributed by atoms with Gasteiger partial charge in [-0.1, -0.05) is 6.92 Å². The van der Waals surface area contributed by atoms with Crippen LogP contribution in [0.4, 0.5) is 0 Å². The largest absolute Gasteiger partial charge is 0.381 e. The highest BCUT2D eigenvalue weighted by Crippen LogP contribution is 2.15. The van der Waals surface area contributed by atoms with E-state index in [1.165, 1.54) is 0 Å². The maximum Gasteiger partial charge on any atom is 0.236 e. The van der Waals surface area contributed by atoms with Crippen LogP contribution < -0.4 is 5.32 Å². The van der Waals surface area contributed by atoms with E-state index in [9.17, 15) is 4.79 Å². The molecule has 1 saturated heterocycles. The van der Waals surface area contributed by atoms with Crippen LogP contribution in [0.1, 0.15) is 26.2 Å². The van der Waals surface area contributed by atoms with Gasteiger partial charge >= 0.3 is 0 Å². The average molecular weight is 228 g/mol. The van der Waals surface area contributed by atoms with Crippen LogP contribution in [0.5, 0.6) is 0 Å².